The molecule has 1 aliphatic carbocycles. The third kappa shape index (κ3) is 3.83. The molecule has 0 spiro atoms. The number of hydrogen-bond acceptors (Lipinski definition) is 6. The van der Waals surface area contributed by atoms with E-state index in [9.17, 15) is 0 Å². The van der Waals surface area contributed by atoms with Crippen LogP contribution in [0.5, 0.6) is 0 Å². The van der Waals surface area contributed by atoms with Crippen molar-refractivity contribution in [1.29, 1.82) is 0 Å². The molecule has 0 bridgehead atoms. The summed E-state index contributed by atoms with van der Waals surface area (Å²) in [6.07, 6.45) is 4.99. The van der Waals surface area contributed by atoms with Crippen molar-refractivity contribution in [3.8, 4) is 11.3 Å². The minimum absolute atomic E-state index is 0.492. The molecular weight excluding hydrogens is 404 g/mol. The van der Waals surface area contributed by atoms with Crippen LogP contribution in [-0.2, 0) is 0 Å². The van der Waals surface area contributed by atoms with E-state index in [0.29, 0.717) is 6.04 Å². The topological polar surface area (TPSA) is 48.7 Å². The van der Waals surface area contributed by atoms with Gasteiger partial charge in [-0.05, 0) is 31.5 Å². The predicted octanol–water partition coefficient (Wildman–Crippen LogP) is 4.61. The van der Waals surface area contributed by atoms with Gasteiger partial charge < -0.3 is 15.1 Å². The average Bonchev–Trinajstić information content (AvgIpc) is 3.46. The molecule has 3 heterocycles. The molecule has 1 aromatic carbocycles. The molecule has 1 saturated heterocycles. The fourth-order valence-corrected chi connectivity index (χ4v) is 5.49. The van der Waals surface area contributed by atoms with Crippen molar-refractivity contribution in [3.05, 3.63) is 29.3 Å². The van der Waals surface area contributed by atoms with Gasteiger partial charge in [0.1, 0.15) is 5.69 Å². The van der Waals surface area contributed by atoms with Gasteiger partial charge in [-0.1, -0.05) is 54.8 Å². The third-order valence-electron chi connectivity index (χ3n) is 6.08. The number of fused-ring (bicyclic) bond motifs is 1. The Labute approximate surface area is 180 Å². The van der Waals surface area contributed by atoms with Gasteiger partial charge in [-0.25, -0.2) is 4.98 Å². The van der Waals surface area contributed by atoms with Crippen LogP contribution >= 0.6 is 22.9 Å². The van der Waals surface area contributed by atoms with Crippen LogP contribution in [-0.4, -0.2) is 58.3 Å². The largest absolute Gasteiger partial charge is 0.365 e. The molecule has 0 radical (unpaired) electrons. The summed E-state index contributed by atoms with van der Waals surface area (Å²) in [6.45, 7) is 7.59. The van der Waals surface area contributed by atoms with Gasteiger partial charge in [0.15, 0.2) is 5.82 Å². The first kappa shape index (κ1) is 19.2. The number of benzene rings is 1. The summed E-state index contributed by atoms with van der Waals surface area (Å²) in [5, 5.41) is 10.5. The van der Waals surface area contributed by atoms with Gasteiger partial charge >= 0.3 is 0 Å². The smallest absolute Gasteiger partial charge is 0.216 e. The molecule has 1 aliphatic heterocycles. The van der Waals surface area contributed by atoms with Gasteiger partial charge in [-0.3, -0.25) is 0 Å². The van der Waals surface area contributed by atoms with Gasteiger partial charge in [0, 0.05) is 42.8 Å². The van der Waals surface area contributed by atoms with Crippen LogP contribution in [0.2, 0.25) is 5.02 Å². The van der Waals surface area contributed by atoms with Crippen molar-refractivity contribution in [2.45, 2.75) is 38.6 Å². The van der Waals surface area contributed by atoms with Crippen LogP contribution < -0.4 is 10.2 Å². The number of aromatic nitrogens is 3. The molecule has 5 rings (SSSR count). The highest BCUT2D eigenvalue weighted by molar-refractivity contribution is 7.20. The Morgan fingerprint density at radius 1 is 1.17 bits per heavy atom. The van der Waals surface area contributed by atoms with Gasteiger partial charge in [0.25, 0.3) is 0 Å². The summed E-state index contributed by atoms with van der Waals surface area (Å²) in [7, 11) is 0. The second kappa shape index (κ2) is 8.13. The molecule has 6 nitrogen and oxygen atoms in total. The van der Waals surface area contributed by atoms with E-state index in [1.807, 2.05) is 22.7 Å². The van der Waals surface area contributed by atoms with Crippen LogP contribution in [0.1, 0.15) is 32.6 Å². The molecule has 1 N–H and O–H groups in total. The fraction of sp³-hybridized carbons (Fsp3) is 0.524. The minimum Gasteiger partial charge on any atom is -0.365 e. The van der Waals surface area contributed by atoms with Crippen molar-refractivity contribution in [3.63, 3.8) is 0 Å². The molecule has 29 heavy (non-hydrogen) atoms. The Balaban J connectivity index is 1.50. The standard InChI is InChI=1S/C21H27ClN6S/c1-2-26-10-12-27(13-11-26)21-25-28-19(23-17-8-3-4-9-17)18(24-20(28)29-21)15-6-5-7-16(22)14-15/h5-7,14,17,23H,2-4,8-13H2,1H3. The summed E-state index contributed by atoms with van der Waals surface area (Å²) in [5.74, 6) is 1.00. The normalized spacial score (nSPS) is 18.8. The molecule has 2 fully saturated rings. The predicted molar refractivity (Wildman–Crippen MR) is 122 cm³/mol. The number of anilines is 2. The Morgan fingerprint density at radius 2 is 1.97 bits per heavy atom. The van der Waals surface area contributed by atoms with Crippen LogP contribution in [0, 0.1) is 0 Å². The first-order valence-electron chi connectivity index (χ1n) is 10.6. The second-order valence-corrected chi connectivity index (χ2v) is 9.32. The number of halogens is 1. The van der Waals surface area contributed by atoms with E-state index >= 15 is 0 Å². The number of rotatable bonds is 5. The van der Waals surface area contributed by atoms with Gasteiger partial charge in [-0.2, -0.15) is 4.52 Å². The molecule has 1 saturated carbocycles. The molecule has 0 amide bonds. The maximum Gasteiger partial charge on any atom is 0.216 e. The average molecular weight is 431 g/mol. The van der Waals surface area contributed by atoms with E-state index in [1.54, 1.807) is 11.3 Å². The molecule has 2 aliphatic rings. The second-order valence-electron chi connectivity index (χ2n) is 7.95. The zero-order valence-corrected chi connectivity index (χ0v) is 18.3. The Morgan fingerprint density at radius 3 is 2.69 bits per heavy atom. The number of piperazine rings is 1. The zero-order chi connectivity index (χ0) is 19.8. The Kier molecular flexibility index (Phi) is 5.37. The lowest BCUT2D eigenvalue weighted by Crippen LogP contribution is -2.46. The maximum absolute atomic E-state index is 6.26. The van der Waals surface area contributed by atoms with Crippen molar-refractivity contribution >= 4 is 38.8 Å². The van der Waals surface area contributed by atoms with Crippen LogP contribution in [0.4, 0.5) is 10.9 Å². The summed E-state index contributed by atoms with van der Waals surface area (Å²) in [6, 6.07) is 8.43. The maximum atomic E-state index is 6.26. The van der Waals surface area contributed by atoms with Crippen molar-refractivity contribution in [1.82, 2.24) is 19.5 Å². The molecule has 0 unspecified atom stereocenters. The van der Waals surface area contributed by atoms with Crippen molar-refractivity contribution in [2.75, 3.05) is 42.9 Å². The van der Waals surface area contributed by atoms with E-state index in [1.165, 1.54) is 25.7 Å². The lowest BCUT2D eigenvalue weighted by Gasteiger charge is -2.33. The first-order valence-corrected chi connectivity index (χ1v) is 11.8. The summed E-state index contributed by atoms with van der Waals surface area (Å²) >= 11 is 7.94. The molecule has 2 aromatic heterocycles. The van der Waals surface area contributed by atoms with Gasteiger partial charge in [0.2, 0.25) is 10.1 Å². The van der Waals surface area contributed by atoms with Crippen LogP contribution in [0.15, 0.2) is 24.3 Å². The highest BCUT2D eigenvalue weighted by Crippen LogP contribution is 2.36. The monoisotopic (exact) mass is 430 g/mol. The fourth-order valence-electron chi connectivity index (χ4n) is 4.35. The lowest BCUT2D eigenvalue weighted by atomic mass is 10.1. The molecule has 0 atom stereocenters. The molecular formula is C21H27ClN6S. The Bertz CT molecular complexity index is 984. The first-order chi connectivity index (χ1) is 14.2. The number of nitrogens with one attached hydrogen (secondary N) is 1. The number of imidazole rings is 1. The van der Waals surface area contributed by atoms with Gasteiger partial charge in [0.05, 0.1) is 0 Å². The minimum atomic E-state index is 0.492. The third-order valence-corrected chi connectivity index (χ3v) is 7.28. The number of nitrogens with zero attached hydrogens (tertiary/aromatic N) is 5. The SMILES string of the molecule is CCN1CCN(c2nn3c(NC4CCCC4)c(-c4cccc(Cl)c4)nc3s2)CC1. The Hall–Kier alpha value is -1.83. The van der Waals surface area contributed by atoms with E-state index in [-0.39, 0.29) is 0 Å². The molecule has 154 valence electrons. The van der Waals surface area contributed by atoms with Crippen LogP contribution in [0.25, 0.3) is 16.2 Å². The van der Waals surface area contributed by atoms with Crippen LogP contribution in [0.3, 0.4) is 0 Å². The number of likely N-dealkylation sites (N-methyl/N-ethyl adjacent to an activating group) is 1. The van der Waals surface area contributed by atoms with Crippen molar-refractivity contribution in [2.24, 2.45) is 0 Å². The van der Waals surface area contributed by atoms with E-state index in [0.717, 1.165) is 64.9 Å². The highest BCUT2D eigenvalue weighted by Gasteiger charge is 2.25. The summed E-state index contributed by atoms with van der Waals surface area (Å²) in [4.78, 5) is 10.8. The van der Waals surface area contributed by atoms with Gasteiger partial charge in [-0.15, -0.1) is 5.10 Å². The van der Waals surface area contributed by atoms with E-state index in [4.69, 9.17) is 21.7 Å². The zero-order valence-electron chi connectivity index (χ0n) is 16.8. The summed E-state index contributed by atoms with van der Waals surface area (Å²) in [5.41, 5.74) is 1.98. The van der Waals surface area contributed by atoms with Crippen molar-refractivity contribution < 1.29 is 0 Å². The molecule has 8 heteroatoms. The molecule has 3 aromatic rings. The quantitative estimate of drug-likeness (QED) is 0.640. The van der Waals surface area contributed by atoms with E-state index in [2.05, 4.69) is 28.1 Å². The number of hydrogen-bond donors (Lipinski definition) is 1. The summed E-state index contributed by atoms with van der Waals surface area (Å²) < 4.78 is 2.01. The lowest BCUT2D eigenvalue weighted by molar-refractivity contribution is 0.271. The van der Waals surface area contributed by atoms with E-state index < -0.39 is 0 Å². The highest BCUT2D eigenvalue weighted by atomic mass is 35.5.